The van der Waals surface area contributed by atoms with E-state index < -0.39 is 34.6 Å². The van der Waals surface area contributed by atoms with E-state index in [0.717, 1.165) is 4.57 Å². The SMILES string of the molecule is Cc1c(-n2nccn2)sc2c1c(=O)n(C(C)(C)C(=O)NC(C)C)c(=O)n2CC(OC(C)C)c1cc(F)ccc1OCC1COC1. The molecule has 0 radical (unpaired) electrons. The zero-order valence-electron chi connectivity index (χ0n) is 26.5. The van der Waals surface area contributed by atoms with Crippen molar-refractivity contribution in [3.05, 3.63) is 68.4 Å². The number of carbonyl (C=O) groups is 1. The van der Waals surface area contributed by atoms with E-state index in [4.69, 9.17) is 14.2 Å². The molecule has 0 spiro atoms. The number of fused-ring (bicyclic) bond motifs is 1. The summed E-state index contributed by atoms with van der Waals surface area (Å²) in [6.45, 7) is 13.6. The number of aryl methyl sites for hydroxylation is 1. The number of thiophene rings is 1. The summed E-state index contributed by atoms with van der Waals surface area (Å²) >= 11 is 1.18. The Hall–Kier alpha value is -3.88. The van der Waals surface area contributed by atoms with Crippen molar-refractivity contribution in [2.24, 2.45) is 5.92 Å². The zero-order valence-corrected chi connectivity index (χ0v) is 27.3. The smallest absolute Gasteiger partial charge is 0.333 e. The average molecular weight is 643 g/mol. The minimum atomic E-state index is -1.56. The quantitative estimate of drug-likeness (QED) is 0.248. The minimum absolute atomic E-state index is 0.103. The lowest BCUT2D eigenvalue weighted by Gasteiger charge is -2.29. The van der Waals surface area contributed by atoms with Crippen LogP contribution in [0.5, 0.6) is 5.75 Å². The molecule has 0 saturated carbocycles. The topological polar surface area (TPSA) is 132 Å². The summed E-state index contributed by atoms with van der Waals surface area (Å²) in [4.78, 5) is 43.8. The van der Waals surface area contributed by atoms with Gasteiger partial charge >= 0.3 is 5.69 Å². The van der Waals surface area contributed by atoms with E-state index in [9.17, 15) is 18.8 Å². The summed E-state index contributed by atoms with van der Waals surface area (Å²) in [6, 6.07) is 3.99. The lowest BCUT2D eigenvalue weighted by molar-refractivity contribution is -0.129. The van der Waals surface area contributed by atoms with Gasteiger partial charge in [0.15, 0.2) is 0 Å². The molecule has 5 rings (SSSR count). The number of ether oxygens (including phenoxy) is 3. The lowest BCUT2D eigenvalue weighted by Crippen LogP contribution is -2.56. The van der Waals surface area contributed by atoms with Gasteiger partial charge in [-0.3, -0.25) is 14.2 Å². The van der Waals surface area contributed by atoms with Gasteiger partial charge in [-0.25, -0.2) is 13.8 Å². The molecule has 1 fully saturated rings. The highest BCUT2D eigenvalue weighted by Gasteiger charge is 2.36. The van der Waals surface area contributed by atoms with Gasteiger partial charge in [0.1, 0.15) is 33.0 Å². The molecule has 1 saturated heterocycles. The van der Waals surface area contributed by atoms with E-state index in [0.29, 0.717) is 46.5 Å². The third kappa shape index (κ3) is 6.44. The second kappa shape index (κ2) is 12.9. The van der Waals surface area contributed by atoms with Crippen molar-refractivity contribution >= 4 is 27.5 Å². The predicted octanol–water partition coefficient (Wildman–Crippen LogP) is 3.70. The van der Waals surface area contributed by atoms with Crippen LogP contribution in [0, 0.1) is 18.7 Å². The van der Waals surface area contributed by atoms with E-state index >= 15 is 0 Å². The number of nitrogens with zero attached hydrogens (tertiary/aromatic N) is 5. The molecule has 1 aliphatic rings. The van der Waals surface area contributed by atoms with E-state index in [1.165, 1.54) is 59.1 Å². The highest BCUT2D eigenvalue weighted by atomic mass is 32.1. The van der Waals surface area contributed by atoms with Crippen LogP contribution in [0.25, 0.3) is 15.2 Å². The first kappa shape index (κ1) is 32.5. The largest absolute Gasteiger partial charge is 0.493 e. The molecule has 45 heavy (non-hydrogen) atoms. The van der Waals surface area contributed by atoms with Crippen molar-refractivity contribution in [2.75, 3.05) is 19.8 Å². The predicted molar refractivity (Wildman–Crippen MR) is 168 cm³/mol. The van der Waals surface area contributed by atoms with E-state index in [1.807, 2.05) is 13.8 Å². The Kier molecular flexibility index (Phi) is 9.28. The van der Waals surface area contributed by atoms with Crippen LogP contribution in [0.2, 0.25) is 0 Å². The number of hydrogen-bond acceptors (Lipinski definition) is 9. The van der Waals surface area contributed by atoms with Crippen LogP contribution >= 0.6 is 11.3 Å². The lowest BCUT2D eigenvalue weighted by atomic mass is 10.0. The number of hydrogen-bond donors (Lipinski definition) is 1. The van der Waals surface area contributed by atoms with Crippen molar-refractivity contribution in [3.8, 4) is 10.8 Å². The second-order valence-electron chi connectivity index (χ2n) is 12.3. The molecule has 4 aromatic rings. The Morgan fingerprint density at radius 3 is 2.47 bits per heavy atom. The van der Waals surface area contributed by atoms with Gasteiger partial charge in [-0.1, -0.05) is 11.3 Å². The first-order chi connectivity index (χ1) is 21.3. The molecule has 12 nitrogen and oxygen atoms in total. The number of rotatable bonds is 12. The van der Waals surface area contributed by atoms with Crippen molar-refractivity contribution < 1.29 is 23.4 Å². The molecule has 1 aromatic carbocycles. The summed E-state index contributed by atoms with van der Waals surface area (Å²) < 4.78 is 34.9. The van der Waals surface area contributed by atoms with Crippen LogP contribution in [-0.4, -0.2) is 62.0 Å². The van der Waals surface area contributed by atoms with Crippen molar-refractivity contribution in [2.45, 2.75) is 78.8 Å². The number of carbonyl (C=O) groups excluding carboxylic acids is 1. The fourth-order valence-corrected chi connectivity index (χ4v) is 6.46. The normalized spacial score (nSPS) is 14.7. The third-order valence-electron chi connectivity index (χ3n) is 7.61. The fourth-order valence-electron chi connectivity index (χ4n) is 5.24. The van der Waals surface area contributed by atoms with Crippen molar-refractivity contribution in [3.63, 3.8) is 0 Å². The molecular weight excluding hydrogens is 603 g/mol. The molecule has 1 unspecified atom stereocenters. The number of amides is 1. The third-order valence-corrected chi connectivity index (χ3v) is 8.89. The Morgan fingerprint density at radius 2 is 1.87 bits per heavy atom. The van der Waals surface area contributed by atoms with Crippen LogP contribution in [0.1, 0.15) is 58.8 Å². The molecule has 1 N–H and O–H groups in total. The van der Waals surface area contributed by atoms with Crippen LogP contribution in [0.15, 0.2) is 40.2 Å². The van der Waals surface area contributed by atoms with Crippen LogP contribution in [-0.2, 0) is 26.4 Å². The molecule has 1 amide bonds. The molecule has 3 aromatic heterocycles. The Bertz CT molecular complexity index is 1810. The summed E-state index contributed by atoms with van der Waals surface area (Å²) in [6.07, 6.45) is 1.86. The highest BCUT2D eigenvalue weighted by Crippen LogP contribution is 2.35. The molecule has 0 aliphatic carbocycles. The van der Waals surface area contributed by atoms with E-state index in [1.54, 1.807) is 26.8 Å². The Balaban J connectivity index is 1.72. The standard InChI is InChI=1S/C31H39FN6O6S/c1-17(2)35-29(40)31(6,7)37-26(39)25-19(5)27(38-33-10-11-34-38)45-28(25)36(30(37)41)13-24(44-18(3)4)22-12-21(32)8-9-23(22)43-16-20-14-42-15-20/h8-12,17-18,20,24H,13-16H2,1-7H3,(H,35,40). The first-order valence-electron chi connectivity index (χ1n) is 14.9. The van der Waals surface area contributed by atoms with Crippen molar-refractivity contribution in [1.82, 2.24) is 29.4 Å². The molecule has 1 aliphatic heterocycles. The molecule has 4 heterocycles. The van der Waals surface area contributed by atoms with Gasteiger partial charge < -0.3 is 19.5 Å². The summed E-state index contributed by atoms with van der Waals surface area (Å²) in [5, 5.41) is 12.1. The number of aromatic nitrogens is 5. The minimum Gasteiger partial charge on any atom is -0.493 e. The Labute approximate surface area is 263 Å². The number of halogens is 1. The van der Waals surface area contributed by atoms with Gasteiger partial charge in [-0.05, 0) is 66.7 Å². The van der Waals surface area contributed by atoms with Crippen LogP contribution in [0.3, 0.4) is 0 Å². The summed E-state index contributed by atoms with van der Waals surface area (Å²) in [5.74, 6) is -0.331. The van der Waals surface area contributed by atoms with Gasteiger partial charge in [-0.2, -0.15) is 10.2 Å². The van der Waals surface area contributed by atoms with Gasteiger partial charge in [0.2, 0.25) is 5.91 Å². The maximum atomic E-state index is 14.8. The number of benzene rings is 1. The first-order valence-corrected chi connectivity index (χ1v) is 15.7. The second-order valence-corrected chi connectivity index (χ2v) is 13.3. The fraction of sp³-hybridized carbons (Fsp3) is 0.516. The molecule has 14 heteroatoms. The average Bonchev–Trinajstić information content (AvgIpc) is 3.57. The number of nitrogens with one attached hydrogen (secondary N) is 1. The summed E-state index contributed by atoms with van der Waals surface area (Å²) in [5.41, 5.74) is -1.90. The Morgan fingerprint density at radius 1 is 1.18 bits per heavy atom. The zero-order chi connectivity index (χ0) is 32.6. The van der Waals surface area contributed by atoms with E-state index in [-0.39, 0.29) is 30.0 Å². The monoisotopic (exact) mass is 642 g/mol. The van der Waals surface area contributed by atoms with Gasteiger partial charge in [0, 0.05) is 23.1 Å². The van der Waals surface area contributed by atoms with Crippen LogP contribution < -0.4 is 21.3 Å². The van der Waals surface area contributed by atoms with Crippen molar-refractivity contribution in [1.29, 1.82) is 0 Å². The van der Waals surface area contributed by atoms with Crippen LogP contribution in [0.4, 0.5) is 4.39 Å². The molecule has 1 atom stereocenters. The van der Waals surface area contributed by atoms with E-state index in [2.05, 4.69) is 15.5 Å². The van der Waals surface area contributed by atoms with Gasteiger partial charge in [0.05, 0.1) is 50.2 Å². The molecule has 0 bridgehead atoms. The maximum Gasteiger partial charge on any atom is 0.333 e. The molecule has 242 valence electrons. The molecular formula is C31H39FN6O6S. The highest BCUT2D eigenvalue weighted by molar-refractivity contribution is 7.21. The van der Waals surface area contributed by atoms with Gasteiger partial charge in [-0.15, -0.1) is 4.80 Å². The maximum absolute atomic E-state index is 14.8. The van der Waals surface area contributed by atoms with Gasteiger partial charge in [0.25, 0.3) is 5.56 Å². The summed E-state index contributed by atoms with van der Waals surface area (Å²) in [7, 11) is 0.